The van der Waals surface area contributed by atoms with Gasteiger partial charge in [-0.1, -0.05) is 6.92 Å². The number of nitrogens with one attached hydrogen (secondary N) is 1. The standard InChI is InChI=1S/C12H22N2OS/c1-10(16-7-3-6-15)8-12(2,9-13)14-11-4-5-11/h10-11,14-15H,3-8H2,1-2H3. The molecule has 1 aliphatic rings. The highest BCUT2D eigenvalue weighted by Gasteiger charge is 2.33. The molecule has 0 spiro atoms. The Bertz CT molecular complexity index is 250. The van der Waals surface area contributed by atoms with Gasteiger partial charge in [-0.25, -0.2) is 0 Å². The van der Waals surface area contributed by atoms with E-state index in [1.807, 2.05) is 18.7 Å². The Morgan fingerprint density at radius 3 is 2.81 bits per heavy atom. The number of nitrogens with zero attached hydrogens (tertiary/aromatic N) is 1. The number of aliphatic hydroxyl groups excluding tert-OH is 1. The summed E-state index contributed by atoms with van der Waals surface area (Å²) >= 11 is 1.84. The van der Waals surface area contributed by atoms with Gasteiger partial charge in [0.05, 0.1) is 6.07 Å². The molecule has 0 saturated heterocycles. The van der Waals surface area contributed by atoms with E-state index in [1.54, 1.807) is 0 Å². The first-order valence-electron chi connectivity index (χ1n) is 6.01. The van der Waals surface area contributed by atoms with Gasteiger partial charge in [0.15, 0.2) is 0 Å². The zero-order valence-electron chi connectivity index (χ0n) is 10.2. The van der Waals surface area contributed by atoms with Gasteiger partial charge in [-0.3, -0.25) is 5.32 Å². The Morgan fingerprint density at radius 1 is 1.62 bits per heavy atom. The van der Waals surface area contributed by atoms with Crippen LogP contribution >= 0.6 is 11.8 Å². The van der Waals surface area contributed by atoms with E-state index in [4.69, 9.17) is 5.11 Å². The summed E-state index contributed by atoms with van der Waals surface area (Å²) in [5.74, 6) is 0.975. The van der Waals surface area contributed by atoms with Gasteiger partial charge in [0.2, 0.25) is 0 Å². The van der Waals surface area contributed by atoms with Crippen LogP contribution in [0.15, 0.2) is 0 Å². The first-order chi connectivity index (χ1) is 7.59. The molecule has 16 heavy (non-hydrogen) atoms. The van der Waals surface area contributed by atoms with Crippen LogP contribution in [0.3, 0.4) is 0 Å². The maximum absolute atomic E-state index is 9.22. The molecule has 0 heterocycles. The third kappa shape index (κ3) is 5.20. The number of aliphatic hydroxyl groups is 1. The highest BCUT2D eigenvalue weighted by atomic mass is 32.2. The molecule has 3 nitrogen and oxygen atoms in total. The van der Waals surface area contributed by atoms with E-state index in [2.05, 4.69) is 18.3 Å². The second-order valence-electron chi connectivity index (χ2n) is 4.83. The number of nitriles is 1. The lowest BCUT2D eigenvalue weighted by molar-refractivity contribution is 0.296. The second kappa shape index (κ2) is 6.48. The van der Waals surface area contributed by atoms with Crippen LogP contribution < -0.4 is 5.32 Å². The molecule has 0 bridgehead atoms. The average molecular weight is 242 g/mol. The summed E-state index contributed by atoms with van der Waals surface area (Å²) in [5.41, 5.74) is -0.382. The lowest BCUT2D eigenvalue weighted by Gasteiger charge is -2.26. The molecular weight excluding hydrogens is 220 g/mol. The quantitative estimate of drug-likeness (QED) is 0.638. The molecule has 1 fully saturated rings. The van der Waals surface area contributed by atoms with Crippen LogP contribution in [0.25, 0.3) is 0 Å². The summed E-state index contributed by atoms with van der Waals surface area (Å²) in [5, 5.41) is 21.8. The average Bonchev–Trinajstić information content (AvgIpc) is 3.02. The van der Waals surface area contributed by atoms with Gasteiger partial charge < -0.3 is 5.11 Å². The van der Waals surface area contributed by atoms with Crippen molar-refractivity contribution in [1.82, 2.24) is 5.32 Å². The van der Waals surface area contributed by atoms with Crippen molar-refractivity contribution < 1.29 is 5.11 Å². The van der Waals surface area contributed by atoms with Crippen molar-refractivity contribution in [1.29, 1.82) is 5.26 Å². The molecule has 0 radical (unpaired) electrons. The van der Waals surface area contributed by atoms with E-state index in [-0.39, 0.29) is 12.1 Å². The molecule has 1 saturated carbocycles. The fourth-order valence-electron chi connectivity index (χ4n) is 1.80. The van der Waals surface area contributed by atoms with Gasteiger partial charge in [-0.15, -0.1) is 0 Å². The molecule has 1 rings (SSSR count). The Morgan fingerprint density at radius 2 is 2.31 bits per heavy atom. The lowest BCUT2D eigenvalue weighted by atomic mass is 9.98. The third-order valence-electron chi connectivity index (χ3n) is 2.75. The van der Waals surface area contributed by atoms with E-state index in [0.717, 1.165) is 18.6 Å². The molecule has 2 atom stereocenters. The minimum absolute atomic E-state index is 0.259. The SMILES string of the molecule is CC(CC(C)(C#N)NC1CC1)SCCCO. The van der Waals surface area contributed by atoms with Crippen molar-refractivity contribution in [3.05, 3.63) is 0 Å². The molecular formula is C12H22N2OS. The topological polar surface area (TPSA) is 56.0 Å². The van der Waals surface area contributed by atoms with E-state index >= 15 is 0 Å². The van der Waals surface area contributed by atoms with Gasteiger partial charge in [-0.05, 0) is 38.4 Å². The summed E-state index contributed by atoms with van der Waals surface area (Å²) in [7, 11) is 0. The Labute approximate surface area is 103 Å². The largest absolute Gasteiger partial charge is 0.396 e. The van der Waals surface area contributed by atoms with Crippen LogP contribution in [-0.2, 0) is 0 Å². The zero-order valence-corrected chi connectivity index (χ0v) is 11.0. The predicted molar refractivity (Wildman–Crippen MR) is 68.4 cm³/mol. The van der Waals surface area contributed by atoms with Crippen molar-refractivity contribution in [2.45, 2.75) is 56.4 Å². The normalized spacial score (nSPS) is 21.1. The monoisotopic (exact) mass is 242 g/mol. The second-order valence-corrected chi connectivity index (χ2v) is 6.37. The summed E-state index contributed by atoms with van der Waals surface area (Å²) in [6.07, 6.45) is 4.14. The Kier molecular flexibility index (Phi) is 5.60. The number of rotatable bonds is 8. The summed E-state index contributed by atoms with van der Waals surface area (Å²) < 4.78 is 0. The van der Waals surface area contributed by atoms with E-state index < -0.39 is 0 Å². The van der Waals surface area contributed by atoms with Crippen molar-refractivity contribution in [3.8, 4) is 6.07 Å². The summed E-state index contributed by atoms with van der Waals surface area (Å²) in [6, 6.07) is 2.97. The minimum atomic E-state index is -0.382. The van der Waals surface area contributed by atoms with Crippen LogP contribution in [0.5, 0.6) is 0 Å². The van der Waals surface area contributed by atoms with Crippen molar-refractivity contribution >= 4 is 11.8 Å². The van der Waals surface area contributed by atoms with Crippen LogP contribution in [-0.4, -0.2) is 34.3 Å². The van der Waals surface area contributed by atoms with Gasteiger partial charge in [0.25, 0.3) is 0 Å². The molecule has 1 aliphatic carbocycles. The number of hydrogen-bond donors (Lipinski definition) is 2. The summed E-state index contributed by atoms with van der Waals surface area (Å²) in [6.45, 7) is 4.41. The van der Waals surface area contributed by atoms with Gasteiger partial charge in [-0.2, -0.15) is 17.0 Å². The zero-order chi connectivity index (χ0) is 12.0. The molecule has 2 unspecified atom stereocenters. The summed E-state index contributed by atoms with van der Waals surface area (Å²) in [4.78, 5) is 0. The smallest absolute Gasteiger partial charge is 0.105 e. The van der Waals surface area contributed by atoms with E-state index in [9.17, 15) is 5.26 Å². The number of hydrogen-bond acceptors (Lipinski definition) is 4. The van der Waals surface area contributed by atoms with E-state index in [1.165, 1.54) is 12.8 Å². The van der Waals surface area contributed by atoms with Crippen molar-refractivity contribution in [3.63, 3.8) is 0 Å². The van der Waals surface area contributed by atoms with Crippen LogP contribution in [0, 0.1) is 11.3 Å². The molecule has 4 heteroatoms. The molecule has 0 amide bonds. The highest BCUT2D eigenvalue weighted by Crippen LogP contribution is 2.27. The maximum atomic E-state index is 9.22. The van der Waals surface area contributed by atoms with Crippen LogP contribution in [0.1, 0.15) is 39.5 Å². The molecule has 0 aromatic carbocycles. The Hall–Kier alpha value is -0.240. The molecule has 92 valence electrons. The van der Waals surface area contributed by atoms with Gasteiger partial charge in [0, 0.05) is 17.9 Å². The van der Waals surface area contributed by atoms with Gasteiger partial charge in [0.1, 0.15) is 5.54 Å². The maximum Gasteiger partial charge on any atom is 0.105 e. The molecule has 0 aliphatic heterocycles. The van der Waals surface area contributed by atoms with Crippen molar-refractivity contribution in [2.24, 2.45) is 0 Å². The van der Waals surface area contributed by atoms with Crippen molar-refractivity contribution in [2.75, 3.05) is 12.4 Å². The minimum Gasteiger partial charge on any atom is -0.396 e. The van der Waals surface area contributed by atoms with Gasteiger partial charge >= 0.3 is 0 Å². The Balaban J connectivity index is 2.27. The molecule has 0 aromatic rings. The van der Waals surface area contributed by atoms with Crippen LogP contribution in [0.4, 0.5) is 0 Å². The lowest BCUT2D eigenvalue weighted by Crippen LogP contribution is -2.44. The van der Waals surface area contributed by atoms with Crippen LogP contribution in [0.2, 0.25) is 0 Å². The predicted octanol–water partition coefficient (Wildman–Crippen LogP) is 1.91. The highest BCUT2D eigenvalue weighted by molar-refractivity contribution is 7.99. The first kappa shape index (κ1) is 13.8. The first-order valence-corrected chi connectivity index (χ1v) is 7.06. The number of thioether (sulfide) groups is 1. The fraction of sp³-hybridized carbons (Fsp3) is 0.917. The van der Waals surface area contributed by atoms with E-state index in [0.29, 0.717) is 11.3 Å². The molecule has 2 N–H and O–H groups in total. The fourth-order valence-corrected chi connectivity index (χ4v) is 2.95. The molecule has 0 aromatic heterocycles. The third-order valence-corrected chi connectivity index (χ3v) is 4.01.